The van der Waals surface area contributed by atoms with Crippen LogP contribution in [-0.2, 0) is 11.3 Å². The Morgan fingerprint density at radius 3 is 2.84 bits per heavy atom. The predicted molar refractivity (Wildman–Crippen MR) is 94.8 cm³/mol. The van der Waals surface area contributed by atoms with Crippen LogP contribution in [-0.4, -0.2) is 81.1 Å². The normalized spacial score (nSPS) is 29.0. The maximum Gasteiger partial charge on any atom is 0.225 e. The van der Waals surface area contributed by atoms with Crippen molar-refractivity contribution in [2.24, 2.45) is 5.92 Å². The second kappa shape index (κ2) is 6.34. The molecular weight excluding hydrogens is 316 g/mol. The van der Waals surface area contributed by atoms with E-state index in [9.17, 15) is 9.90 Å². The summed E-state index contributed by atoms with van der Waals surface area (Å²) in [5, 5.41) is 10.2. The van der Waals surface area contributed by atoms with E-state index in [1.165, 1.54) is 5.56 Å². The Morgan fingerprint density at radius 2 is 2.16 bits per heavy atom. The van der Waals surface area contributed by atoms with Crippen molar-refractivity contribution in [3.8, 4) is 0 Å². The Morgan fingerprint density at radius 1 is 1.36 bits per heavy atom. The molecule has 136 valence electrons. The van der Waals surface area contributed by atoms with Gasteiger partial charge in [0, 0.05) is 63.6 Å². The number of aliphatic hydroxyl groups excluding tert-OH is 1. The molecule has 4 heterocycles. The minimum Gasteiger partial charge on any atom is -0.392 e. The van der Waals surface area contributed by atoms with Crippen molar-refractivity contribution in [3.63, 3.8) is 0 Å². The smallest absolute Gasteiger partial charge is 0.225 e. The van der Waals surface area contributed by atoms with Gasteiger partial charge in [-0.25, -0.2) is 0 Å². The number of pyridine rings is 1. The number of fused-ring (bicyclic) bond motifs is 2. The van der Waals surface area contributed by atoms with E-state index in [-0.39, 0.29) is 23.5 Å². The van der Waals surface area contributed by atoms with Gasteiger partial charge in [-0.1, -0.05) is 19.9 Å². The Bertz CT molecular complexity index is 630. The minimum atomic E-state index is -0.261. The van der Waals surface area contributed by atoms with Crippen molar-refractivity contribution in [1.29, 1.82) is 0 Å². The minimum absolute atomic E-state index is 0.00710. The molecule has 0 aromatic carbocycles. The molecule has 25 heavy (non-hydrogen) atoms. The molecule has 4 rings (SSSR count). The Labute approximate surface area is 149 Å². The first-order valence-electron chi connectivity index (χ1n) is 9.32. The summed E-state index contributed by atoms with van der Waals surface area (Å²) in [5.41, 5.74) is 1.23. The fraction of sp³-hybridized carbons (Fsp3) is 0.684. The molecule has 0 radical (unpaired) electrons. The lowest BCUT2D eigenvalue weighted by molar-refractivity contribution is -0.153. The monoisotopic (exact) mass is 344 g/mol. The summed E-state index contributed by atoms with van der Waals surface area (Å²) in [5.74, 6) is 0.271. The van der Waals surface area contributed by atoms with Gasteiger partial charge in [-0.05, 0) is 18.1 Å². The second-order valence-electron chi connectivity index (χ2n) is 8.30. The standard InChI is InChI=1S/C19H28N4O2/c1-14(2)18(25)22-9-16-6-17(24)10-23(16)19(13-22)11-21(12-19)8-15-4-3-5-20-7-15/h3-5,7,14,16-17,24H,6,8-13H2,1-2H3. The van der Waals surface area contributed by atoms with E-state index in [2.05, 4.69) is 20.9 Å². The van der Waals surface area contributed by atoms with Gasteiger partial charge in [0.1, 0.15) is 0 Å². The second-order valence-corrected chi connectivity index (χ2v) is 8.30. The van der Waals surface area contributed by atoms with Crippen molar-refractivity contribution >= 4 is 5.91 Å². The number of piperazine rings is 1. The van der Waals surface area contributed by atoms with Gasteiger partial charge in [-0.3, -0.25) is 19.6 Å². The van der Waals surface area contributed by atoms with Gasteiger partial charge in [0.05, 0.1) is 11.6 Å². The molecule has 3 aliphatic rings. The summed E-state index contributed by atoms with van der Waals surface area (Å²) in [4.78, 5) is 23.7. The van der Waals surface area contributed by atoms with Crippen LogP contribution >= 0.6 is 0 Å². The highest BCUT2D eigenvalue weighted by Crippen LogP contribution is 2.39. The van der Waals surface area contributed by atoms with Crippen molar-refractivity contribution in [1.82, 2.24) is 19.7 Å². The lowest BCUT2D eigenvalue weighted by Gasteiger charge is -2.61. The quantitative estimate of drug-likeness (QED) is 0.869. The molecule has 3 saturated heterocycles. The van der Waals surface area contributed by atoms with Gasteiger partial charge in [-0.2, -0.15) is 0 Å². The first kappa shape index (κ1) is 16.9. The summed E-state index contributed by atoms with van der Waals surface area (Å²) < 4.78 is 0. The van der Waals surface area contributed by atoms with E-state index >= 15 is 0 Å². The average Bonchev–Trinajstić information content (AvgIpc) is 2.94. The number of rotatable bonds is 3. The van der Waals surface area contributed by atoms with Crippen LogP contribution in [0.2, 0.25) is 0 Å². The molecule has 2 unspecified atom stereocenters. The summed E-state index contributed by atoms with van der Waals surface area (Å²) in [6.45, 7) is 9.04. The largest absolute Gasteiger partial charge is 0.392 e. The molecule has 1 aromatic rings. The van der Waals surface area contributed by atoms with Gasteiger partial charge in [0.25, 0.3) is 0 Å². The Balaban J connectivity index is 1.48. The number of amides is 1. The topological polar surface area (TPSA) is 59.9 Å². The number of hydrogen-bond acceptors (Lipinski definition) is 5. The molecule has 1 amide bonds. The van der Waals surface area contributed by atoms with Crippen molar-refractivity contribution in [2.45, 2.75) is 44.5 Å². The van der Waals surface area contributed by atoms with E-state index in [1.54, 1.807) is 6.20 Å². The molecule has 0 saturated carbocycles. The Kier molecular flexibility index (Phi) is 4.30. The van der Waals surface area contributed by atoms with Crippen LogP contribution in [0.15, 0.2) is 24.5 Å². The van der Waals surface area contributed by atoms with Crippen LogP contribution in [0.4, 0.5) is 0 Å². The fourth-order valence-electron chi connectivity index (χ4n) is 4.87. The van der Waals surface area contributed by atoms with Gasteiger partial charge >= 0.3 is 0 Å². The Hall–Kier alpha value is -1.50. The number of aliphatic hydroxyl groups is 1. The van der Waals surface area contributed by atoms with Crippen molar-refractivity contribution in [2.75, 3.05) is 32.7 Å². The van der Waals surface area contributed by atoms with E-state index in [1.807, 2.05) is 31.0 Å². The lowest BCUT2D eigenvalue weighted by atomic mass is 9.83. The van der Waals surface area contributed by atoms with Gasteiger partial charge in [0.15, 0.2) is 0 Å². The number of nitrogens with zero attached hydrogens (tertiary/aromatic N) is 4. The maximum atomic E-state index is 12.6. The molecule has 6 nitrogen and oxygen atoms in total. The lowest BCUT2D eigenvalue weighted by Crippen LogP contribution is -2.78. The zero-order chi connectivity index (χ0) is 17.6. The number of carbonyl (C=O) groups is 1. The highest BCUT2D eigenvalue weighted by atomic mass is 16.3. The first-order valence-corrected chi connectivity index (χ1v) is 9.32. The van der Waals surface area contributed by atoms with Crippen LogP contribution < -0.4 is 0 Å². The predicted octanol–water partition coefficient (Wildman–Crippen LogP) is 0.569. The van der Waals surface area contributed by atoms with E-state index in [4.69, 9.17) is 0 Å². The maximum absolute atomic E-state index is 12.6. The zero-order valence-corrected chi connectivity index (χ0v) is 15.1. The van der Waals surface area contributed by atoms with Crippen molar-refractivity contribution in [3.05, 3.63) is 30.1 Å². The molecule has 0 bridgehead atoms. The zero-order valence-electron chi connectivity index (χ0n) is 15.1. The highest BCUT2D eigenvalue weighted by molar-refractivity contribution is 5.78. The molecule has 3 fully saturated rings. The third kappa shape index (κ3) is 3.07. The number of likely N-dealkylation sites (tertiary alicyclic amines) is 1. The van der Waals surface area contributed by atoms with Gasteiger partial charge in [-0.15, -0.1) is 0 Å². The van der Waals surface area contributed by atoms with Crippen LogP contribution in [0.1, 0.15) is 25.8 Å². The van der Waals surface area contributed by atoms with Crippen LogP contribution in [0.5, 0.6) is 0 Å². The van der Waals surface area contributed by atoms with Crippen molar-refractivity contribution < 1.29 is 9.90 Å². The molecule has 1 N–H and O–H groups in total. The van der Waals surface area contributed by atoms with Gasteiger partial charge < -0.3 is 10.0 Å². The summed E-state index contributed by atoms with van der Waals surface area (Å²) in [6.07, 6.45) is 4.24. The number of carbonyl (C=O) groups excluding carboxylic acids is 1. The van der Waals surface area contributed by atoms with Gasteiger partial charge in [0.2, 0.25) is 5.91 Å². The summed E-state index contributed by atoms with van der Waals surface area (Å²) >= 11 is 0. The summed E-state index contributed by atoms with van der Waals surface area (Å²) in [7, 11) is 0. The van der Waals surface area contributed by atoms with Crippen LogP contribution in [0.3, 0.4) is 0 Å². The van der Waals surface area contributed by atoms with Crippen LogP contribution in [0, 0.1) is 5.92 Å². The number of β-amino-alcohol motifs (C(OH)–C–C–N with tert-alkyl or cyclic N) is 1. The molecule has 1 aromatic heterocycles. The fourth-order valence-corrected chi connectivity index (χ4v) is 4.87. The first-order chi connectivity index (χ1) is 12.0. The molecule has 3 aliphatic heterocycles. The SMILES string of the molecule is CC(C)C(=O)N1CC2CC(O)CN2C2(CN(Cc3cccnc3)C2)C1. The highest BCUT2D eigenvalue weighted by Gasteiger charge is 2.56. The third-order valence-corrected chi connectivity index (χ3v) is 5.89. The van der Waals surface area contributed by atoms with E-state index < -0.39 is 0 Å². The molecule has 2 atom stereocenters. The summed E-state index contributed by atoms with van der Waals surface area (Å²) in [6, 6.07) is 4.38. The van der Waals surface area contributed by atoms with E-state index in [0.29, 0.717) is 6.04 Å². The molecule has 0 aliphatic carbocycles. The third-order valence-electron chi connectivity index (χ3n) is 5.89. The number of hydrogen-bond donors (Lipinski definition) is 1. The molecular formula is C19H28N4O2. The van der Waals surface area contributed by atoms with Crippen LogP contribution in [0.25, 0.3) is 0 Å². The number of aromatic nitrogens is 1. The van der Waals surface area contributed by atoms with E-state index in [0.717, 1.165) is 45.7 Å². The molecule has 1 spiro atoms. The average molecular weight is 344 g/mol. The molecule has 6 heteroatoms.